The van der Waals surface area contributed by atoms with E-state index in [0.717, 1.165) is 90.0 Å². The molecule has 0 spiro atoms. The van der Waals surface area contributed by atoms with Gasteiger partial charge in [-0.05, 0) is 108 Å². The first-order valence-corrected chi connectivity index (χ1v) is 28.2. The predicted molar refractivity (Wildman–Crippen MR) is 301 cm³/mol. The number of aldehydes is 1. The van der Waals surface area contributed by atoms with E-state index in [1.54, 1.807) is 24.3 Å². The molecule has 5 aromatic rings. The summed E-state index contributed by atoms with van der Waals surface area (Å²) in [5, 5.41) is 27.6. The summed E-state index contributed by atoms with van der Waals surface area (Å²) in [6, 6.07) is 35.1. The molecule has 6 atom stereocenters. The van der Waals surface area contributed by atoms with Crippen molar-refractivity contribution in [2.75, 3.05) is 26.9 Å². The number of ether oxygens (including phenoxy) is 4. The second kappa shape index (κ2) is 28.2. The molecule has 0 saturated heterocycles. The third kappa shape index (κ3) is 13.5. The molecule has 0 unspecified atom stereocenters. The molecular formula is C65H80N2O9. The number of rotatable bonds is 31. The van der Waals surface area contributed by atoms with Crippen LogP contribution < -0.4 is 14.2 Å². The number of hydrogen-bond acceptors (Lipinski definition) is 10. The third-order valence-corrected chi connectivity index (χ3v) is 15.9. The maximum Gasteiger partial charge on any atom is 0.239 e. The Morgan fingerprint density at radius 3 is 2.28 bits per heavy atom. The lowest BCUT2D eigenvalue weighted by molar-refractivity contribution is -0.258. The average Bonchev–Trinajstić information content (AvgIpc) is 3.55. The predicted octanol–water partition coefficient (Wildman–Crippen LogP) is 14.2. The van der Waals surface area contributed by atoms with Crippen LogP contribution in [0.25, 0.3) is 10.8 Å². The summed E-state index contributed by atoms with van der Waals surface area (Å²) in [5.74, 6) is 0.0172. The van der Waals surface area contributed by atoms with Gasteiger partial charge in [0.05, 0.1) is 30.9 Å². The molecule has 1 amide bonds. The van der Waals surface area contributed by atoms with Gasteiger partial charge in [-0.2, -0.15) is 0 Å². The maximum absolute atomic E-state index is 15.6. The molecule has 1 aliphatic heterocycles. The first-order chi connectivity index (χ1) is 37.4. The minimum atomic E-state index is -1.43. The number of carbonyl (C=O) groups is 2. The minimum absolute atomic E-state index is 0.0145. The molecule has 1 heterocycles. The Kier molecular flexibility index (Phi) is 20.8. The van der Waals surface area contributed by atoms with Gasteiger partial charge >= 0.3 is 0 Å². The van der Waals surface area contributed by atoms with E-state index >= 15 is 4.79 Å². The van der Waals surface area contributed by atoms with E-state index in [1.807, 2.05) is 53.4 Å². The molecule has 0 radical (unpaired) electrons. The molecular weight excluding hydrogens is 953 g/mol. The van der Waals surface area contributed by atoms with Crippen molar-refractivity contribution in [3.05, 3.63) is 156 Å². The number of fused-ring (bicyclic) bond motifs is 3. The van der Waals surface area contributed by atoms with Crippen molar-refractivity contribution in [3.8, 4) is 23.0 Å². The lowest BCUT2D eigenvalue weighted by Gasteiger charge is -2.60. The van der Waals surface area contributed by atoms with Crippen molar-refractivity contribution >= 4 is 28.7 Å². The number of carbonyl (C=O) groups excluding carboxylic acids is 2. The van der Waals surface area contributed by atoms with Crippen LogP contribution >= 0.6 is 0 Å². The van der Waals surface area contributed by atoms with Gasteiger partial charge in [-0.1, -0.05) is 161 Å². The number of aliphatic hydroxyl groups excluding tert-OH is 2. The zero-order valence-corrected chi connectivity index (χ0v) is 44.9. The molecule has 11 heteroatoms. The second-order valence-electron chi connectivity index (χ2n) is 20.9. The standard InChI is InChI=1S/C65H80N2O9/c1-4-6-7-8-9-10-11-12-16-32-62(71)67(44-50-29-23-28-48-26-17-18-30-54(48)50)61-43-58(66-74-46-47-24-14-13-15-25-47)56-41-49(27-19-21-37-68)55(31-20-22-38-69)63-57-42-53(75-52-33-35-59(72-3)51(40-52)45-70)34-36-60(57)76-65(61,64(56)63)73-39-5-2/h5,13-15,17-18,23-26,28-30,33-36,40-42,45,49,55,61,63-64,68-69H,2,4,6-12,16,19-22,27,31-32,37-39,43-44,46H2,1,3H3/t49-,55+,61-,63+,64+,65+/m0/s1. The first-order valence-electron chi connectivity index (χ1n) is 28.2. The number of benzene rings is 5. The molecule has 1 fully saturated rings. The zero-order chi connectivity index (χ0) is 53.1. The zero-order valence-electron chi connectivity index (χ0n) is 44.9. The lowest BCUT2D eigenvalue weighted by atomic mass is 9.55. The van der Waals surface area contributed by atoms with E-state index < -0.39 is 17.7 Å². The van der Waals surface area contributed by atoms with Gasteiger partial charge in [-0.25, -0.2) is 0 Å². The number of unbranched alkanes of at least 4 members (excludes halogenated alkanes) is 10. The quantitative estimate of drug-likeness (QED) is 0.0192. The van der Waals surface area contributed by atoms with E-state index in [-0.39, 0.29) is 50.1 Å². The van der Waals surface area contributed by atoms with E-state index in [9.17, 15) is 15.0 Å². The molecule has 1 saturated carbocycles. The van der Waals surface area contributed by atoms with Crippen LogP contribution in [0.2, 0.25) is 0 Å². The van der Waals surface area contributed by atoms with Gasteiger partial charge in [0.1, 0.15) is 35.6 Å². The van der Waals surface area contributed by atoms with Gasteiger partial charge < -0.3 is 38.9 Å². The number of oxime groups is 1. The monoisotopic (exact) mass is 1030 g/mol. The Morgan fingerprint density at radius 2 is 1.53 bits per heavy atom. The Hall–Kier alpha value is -6.27. The summed E-state index contributed by atoms with van der Waals surface area (Å²) in [4.78, 5) is 36.2. The Morgan fingerprint density at radius 1 is 0.816 bits per heavy atom. The van der Waals surface area contributed by atoms with Crippen molar-refractivity contribution in [1.29, 1.82) is 0 Å². The molecule has 5 aromatic carbocycles. The summed E-state index contributed by atoms with van der Waals surface area (Å²) >= 11 is 0. The lowest BCUT2D eigenvalue weighted by Crippen LogP contribution is -2.70. The highest BCUT2D eigenvalue weighted by Gasteiger charge is 2.65. The SMILES string of the molecule is C=CCO[C@@]12Oc3ccc(Oc4ccc(OC)c(C=O)c4)cc3[C@H]3[C@H](CCCCO)[C@@H](CCCCO)C=C(C(=NOCc4ccccc4)C[C@@H]1N(Cc1cccc4ccccc14)C(=O)CCCCCCCCCCC)[C@H]32. The number of hydrogen-bond donors (Lipinski definition) is 2. The highest BCUT2D eigenvalue weighted by Crippen LogP contribution is 2.62. The van der Waals surface area contributed by atoms with E-state index in [0.29, 0.717) is 60.8 Å². The van der Waals surface area contributed by atoms with Gasteiger partial charge in [0.15, 0.2) is 6.29 Å². The smallest absolute Gasteiger partial charge is 0.239 e. The fourth-order valence-electron chi connectivity index (χ4n) is 12.2. The molecule has 404 valence electrons. The van der Waals surface area contributed by atoms with Gasteiger partial charge in [0.25, 0.3) is 0 Å². The highest BCUT2D eigenvalue weighted by atomic mass is 16.7. The van der Waals surface area contributed by atoms with Crippen molar-refractivity contribution in [1.82, 2.24) is 4.90 Å². The molecule has 3 aliphatic rings. The Labute approximate surface area is 450 Å². The largest absolute Gasteiger partial charge is 0.496 e. The van der Waals surface area contributed by atoms with Crippen molar-refractivity contribution in [3.63, 3.8) is 0 Å². The summed E-state index contributed by atoms with van der Waals surface area (Å²) in [5.41, 5.74) is 5.02. The summed E-state index contributed by atoms with van der Waals surface area (Å²) in [6.45, 7) is 7.30. The molecule has 0 aromatic heterocycles. The van der Waals surface area contributed by atoms with E-state index in [4.69, 9.17) is 28.9 Å². The number of nitrogens with zero attached hydrogens (tertiary/aromatic N) is 2. The minimum Gasteiger partial charge on any atom is -0.496 e. The van der Waals surface area contributed by atoms with Crippen LogP contribution in [0.3, 0.4) is 0 Å². The summed E-state index contributed by atoms with van der Waals surface area (Å²) < 4.78 is 27.0. The summed E-state index contributed by atoms with van der Waals surface area (Å²) in [6.07, 6.45) is 20.3. The van der Waals surface area contributed by atoms with Gasteiger partial charge in [0, 0.05) is 44.1 Å². The Bertz CT molecular complexity index is 2730. The highest BCUT2D eigenvalue weighted by molar-refractivity contribution is 6.03. The molecule has 76 heavy (non-hydrogen) atoms. The van der Waals surface area contributed by atoms with Crippen molar-refractivity contribution in [2.24, 2.45) is 22.9 Å². The van der Waals surface area contributed by atoms with Gasteiger partial charge in [0.2, 0.25) is 11.7 Å². The van der Waals surface area contributed by atoms with Crippen LogP contribution in [-0.4, -0.2) is 71.8 Å². The molecule has 0 bridgehead atoms. The van der Waals surface area contributed by atoms with E-state index in [1.165, 1.54) is 45.6 Å². The van der Waals surface area contributed by atoms with E-state index in [2.05, 4.69) is 62.0 Å². The summed E-state index contributed by atoms with van der Waals surface area (Å²) in [7, 11) is 1.53. The number of amides is 1. The number of methoxy groups -OCH3 is 1. The fraction of sp³-hybridized carbons (Fsp3) is 0.462. The third-order valence-electron chi connectivity index (χ3n) is 15.9. The van der Waals surface area contributed by atoms with Gasteiger partial charge in [-0.15, -0.1) is 6.58 Å². The Balaban J connectivity index is 1.30. The van der Waals surface area contributed by atoms with Crippen LogP contribution in [0.1, 0.15) is 149 Å². The molecule has 2 N–H and O–H groups in total. The van der Waals surface area contributed by atoms with Crippen molar-refractivity contribution < 1.29 is 43.6 Å². The van der Waals surface area contributed by atoms with Crippen LogP contribution in [0.15, 0.2) is 139 Å². The van der Waals surface area contributed by atoms with Crippen LogP contribution in [0.4, 0.5) is 0 Å². The topological polar surface area (TPSA) is 136 Å². The number of allylic oxidation sites excluding steroid dienone is 1. The first kappa shape index (κ1) is 55.9. The normalized spacial score (nSPS) is 21.0. The second-order valence-corrected chi connectivity index (χ2v) is 20.9. The van der Waals surface area contributed by atoms with Crippen LogP contribution in [0.5, 0.6) is 23.0 Å². The molecule has 8 rings (SSSR count). The number of aliphatic hydroxyl groups is 2. The van der Waals surface area contributed by atoms with Gasteiger partial charge in [-0.3, -0.25) is 9.59 Å². The molecule has 2 aliphatic carbocycles. The maximum atomic E-state index is 15.6. The van der Waals surface area contributed by atoms with Crippen molar-refractivity contribution in [2.45, 2.75) is 147 Å². The average molecular weight is 1030 g/mol. The fourth-order valence-corrected chi connectivity index (χ4v) is 12.2. The van der Waals surface area contributed by atoms with Crippen LogP contribution in [-0.2, 0) is 27.5 Å². The molecule has 11 nitrogen and oxygen atoms in total. The van der Waals surface area contributed by atoms with Crippen LogP contribution in [0, 0.1) is 17.8 Å².